The number of ether oxygens (including phenoxy) is 3. The number of benzene rings is 1. The summed E-state index contributed by atoms with van der Waals surface area (Å²) in [5, 5.41) is 8.83. The SMILES string of the molecule is COc1ccc2cc(C(=O)N3CCC(Oc4ccc(OC)nn4)C3)[nH]c2c1. The van der Waals surface area contributed by atoms with Crippen LogP contribution >= 0.6 is 0 Å². The predicted molar refractivity (Wildman–Crippen MR) is 98.4 cm³/mol. The van der Waals surface area contributed by atoms with Gasteiger partial charge in [-0.25, -0.2) is 0 Å². The molecule has 0 aliphatic carbocycles. The molecule has 27 heavy (non-hydrogen) atoms. The van der Waals surface area contributed by atoms with Crippen LogP contribution < -0.4 is 14.2 Å². The number of rotatable bonds is 5. The smallest absolute Gasteiger partial charge is 0.270 e. The third-order valence-corrected chi connectivity index (χ3v) is 4.60. The monoisotopic (exact) mass is 368 g/mol. The van der Waals surface area contributed by atoms with Gasteiger partial charge in [-0.05, 0) is 18.2 Å². The molecule has 0 bridgehead atoms. The number of likely N-dealkylation sites (tertiary alicyclic amines) is 1. The molecule has 1 unspecified atom stereocenters. The first-order chi connectivity index (χ1) is 13.2. The molecule has 8 heteroatoms. The molecule has 0 radical (unpaired) electrons. The summed E-state index contributed by atoms with van der Waals surface area (Å²) in [6.45, 7) is 1.14. The Hall–Kier alpha value is -3.29. The zero-order valence-corrected chi connectivity index (χ0v) is 15.1. The van der Waals surface area contributed by atoms with Crippen molar-refractivity contribution in [2.75, 3.05) is 27.3 Å². The number of H-pyrrole nitrogens is 1. The number of nitrogens with one attached hydrogen (secondary N) is 1. The number of hydrogen-bond donors (Lipinski definition) is 1. The van der Waals surface area contributed by atoms with E-state index in [0.717, 1.165) is 23.1 Å². The first-order valence-electron chi connectivity index (χ1n) is 8.66. The number of amides is 1. The Morgan fingerprint density at radius 1 is 1.11 bits per heavy atom. The summed E-state index contributed by atoms with van der Waals surface area (Å²) in [5.74, 6) is 1.56. The summed E-state index contributed by atoms with van der Waals surface area (Å²) in [7, 11) is 3.15. The van der Waals surface area contributed by atoms with Crippen LogP contribution in [-0.2, 0) is 0 Å². The Bertz CT molecular complexity index is 954. The first kappa shape index (κ1) is 17.1. The van der Waals surface area contributed by atoms with E-state index in [1.165, 1.54) is 7.11 Å². The molecule has 1 N–H and O–H groups in total. The molecular formula is C19H20N4O4. The fraction of sp³-hybridized carbons (Fsp3) is 0.316. The van der Waals surface area contributed by atoms with Crippen molar-refractivity contribution < 1.29 is 19.0 Å². The highest BCUT2D eigenvalue weighted by atomic mass is 16.5. The highest BCUT2D eigenvalue weighted by Crippen LogP contribution is 2.24. The molecule has 3 heterocycles. The minimum absolute atomic E-state index is 0.0444. The van der Waals surface area contributed by atoms with Crippen LogP contribution in [0.5, 0.6) is 17.5 Å². The highest BCUT2D eigenvalue weighted by molar-refractivity contribution is 5.98. The van der Waals surface area contributed by atoms with Crippen molar-refractivity contribution in [1.82, 2.24) is 20.1 Å². The number of hydrogen-bond acceptors (Lipinski definition) is 6. The fourth-order valence-electron chi connectivity index (χ4n) is 3.18. The van der Waals surface area contributed by atoms with Crippen molar-refractivity contribution in [2.24, 2.45) is 0 Å². The molecule has 1 aliphatic heterocycles. The molecule has 1 aromatic carbocycles. The molecule has 1 amide bonds. The third-order valence-electron chi connectivity index (χ3n) is 4.60. The van der Waals surface area contributed by atoms with Crippen LogP contribution in [0.25, 0.3) is 10.9 Å². The lowest BCUT2D eigenvalue weighted by molar-refractivity contribution is 0.0766. The van der Waals surface area contributed by atoms with Crippen molar-refractivity contribution in [2.45, 2.75) is 12.5 Å². The van der Waals surface area contributed by atoms with E-state index >= 15 is 0 Å². The van der Waals surface area contributed by atoms with Crippen molar-refractivity contribution in [3.05, 3.63) is 42.1 Å². The fourth-order valence-corrected chi connectivity index (χ4v) is 3.18. The maximum absolute atomic E-state index is 12.8. The minimum atomic E-state index is -0.110. The Morgan fingerprint density at radius 2 is 1.93 bits per heavy atom. The molecule has 1 atom stereocenters. The van der Waals surface area contributed by atoms with Gasteiger partial charge in [0, 0.05) is 42.1 Å². The maximum Gasteiger partial charge on any atom is 0.270 e. The average Bonchev–Trinajstić information content (AvgIpc) is 3.34. The molecule has 1 aliphatic rings. The normalized spacial score (nSPS) is 16.5. The summed E-state index contributed by atoms with van der Waals surface area (Å²) in [4.78, 5) is 17.8. The van der Waals surface area contributed by atoms with Crippen LogP contribution in [0, 0.1) is 0 Å². The molecule has 8 nitrogen and oxygen atoms in total. The lowest BCUT2D eigenvalue weighted by Gasteiger charge is -2.16. The van der Waals surface area contributed by atoms with Gasteiger partial charge in [-0.15, -0.1) is 10.2 Å². The van der Waals surface area contributed by atoms with Gasteiger partial charge in [-0.1, -0.05) is 0 Å². The number of aromatic amines is 1. The van der Waals surface area contributed by atoms with E-state index in [1.807, 2.05) is 24.3 Å². The Balaban J connectivity index is 1.42. The number of nitrogens with zero attached hydrogens (tertiary/aromatic N) is 3. The van der Waals surface area contributed by atoms with Crippen LogP contribution in [0.3, 0.4) is 0 Å². The molecule has 0 saturated carbocycles. The Kier molecular flexibility index (Phi) is 4.53. The number of fused-ring (bicyclic) bond motifs is 1. The predicted octanol–water partition coefficient (Wildman–Crippen LogP) is 2.27. The van der Waals surface area contributed by atoms with Crippen molar-refractivity contribution in [3.8, 4) is 17.5 Å². The molecule has 4 rings (SSSR count). The summed E-state index contributed by atoms with van der Waals surface area (Å²) in [6.07, 6.45) is 0.633. The lowest BCUT2D eigenvalue weighted by atomic mass is 10.2. The number of carbonyl (C=O) groups excluding carboxylic acids is 1. The van der Waals surface area contributed by atoms with E-state index in [2.05, 4.69) is 15.2 Å². The first-order valence-corrected chi connectivity index (χ1v) is 8.66. The van der Waals surface area contributed by atoms with E-state index in [1.54, 1.807) is 24.1 Å². The van der Waals surface area contributed by atoms with E-state index in [-0.39, 0.29) is 12.0 Å². The standard InChI is InChI=1S/C19H20N4O4/c1-25-13-4-3-12-9-16(20-15(12)10-13)19(24)23-8-7-14(11-23)27-18-6-5-17(26-2)21-22-18/h3-6,9-10,14,20H,7-8,11H2,1-2H3. The van der Waals surface area contributed by atoms with Gasteiger partial charge in [0.1, 0.15) is 17.5 Å². The van der Waals surface area contributed by atoms with Crippen LogP contribution in [0.1, 0.15) is 16.9 Å². The van der Waals surface area contributed by atoms with Crippen molar-refractivity contribution in [3.63, 3.8) is 0 Å². The topological polar surface area (TPSA) is 89.6 Å². The second kappa shape index (κ2) is 7.14. The van der Waals surface area contributed by atoms with E-state index in [9.17, 15) is 4.79 Å². The Labute approximate surface area is 156 Å². The van der Waals surface area contributed by atoms with Crippen LogP contribution in [0.4, 0.5) is 0 Å². The summed E-state index contributed by atoms with van der Waals surface area (Å²) >= 11 is 0. The second-order valence-corrected chi connectivity index (χ2v) is 6.33. The van der Waals surface area contributed by atoms with Crippen LogP contribution in [-0.4, -0.2) is 59.4 Å². The summed E-state index contributed by atoms with van der Waals surface area (Å²) in [6, 6.07) is 10.9. The highest BCUT2D eigenvalue weighted by Gasteiger charge is 2.29. The van der Waals surface area contributed by atoms with Gasteiger partial charge in [0.05, 0.1) is 20.8 Å². The quantitative estimate of drug-likeness (QED) is 0.743. The third kappa shape index (κ3) is 3.51. The summed E-state index contributed by atoms with van der Waals surface area (Å²) < 4.78 is 16.0. The minimum Gasteiger partial charge on any atom is -0.497 e. The van der Waals surface area contributed by atoms with E-state index in [0.29, 0.717) is 30.5 Å². The van der Waals surface area contributed by atoms with Crippen molar-refractivity contribution >= 4 is 16.8 Å². The number of aromatic nitrogens is 3. The van der Waals surface area contributed by atoms with Gasteiger partial charge in [0.25, 0.3) is 5.91 Å². The second-order valence-electron chi connectivity index (χ2n) is 6.33. The molecule has 140 valence electrons. The Morgan fingerprint density at radius 3 is 2.67 bits per heavy atom. The van der Waals surface area contributed by atoms with Gasteiger partial charge in [0.15, 0.2) is 0 Å². The van der Waals surface area contributed by atoms with Crippen molar-refractivity contribution in [1.29, 1.82) is 0 Å². The van der Waals surface area contributed by atoms with Gasteiger partial charge in [-0.2, -0.15) is 0 Å². The van der Waals surface area contributed by atoms with Crippen LogP contribution in [0.15, 0.2) is 36.4 Å². The van der Waals surface area contributed by atoms with Gasteiger partial charge in [-0.3, -0.25) is 4.79 Å². The van der Waals surface area contributed by atoms with Gasteiger partial charge < -0.3 is 24.1 Å². The summed E-state index contributed by atoms with van der Waals surface area (Å²) in [5.41, 5.74) is 1.43. The van der Waals surface area contributed by atoms with Gasteiger partial charge >= 0.3 is 0 Å². The zero-order valence-electron chi connectivity index (χ0n) is 15.1. The van der Waals surface area contributed by atoms with Gasteiger partial charge in [0.2, 0.25) is 11.8 Å². The molecule has 2 aromatic heterocycles. The molecular weight excluding hydrogens is 348 g/mol. The number of carbonyl (C=O) groups is 1. The lowest BCUT2D eigenvalue weighted by Crippen LogP contribution is -2.31. The van der Waals surface area contributed by atoms with E-state index in [4.69, 9.17) is 14.2 Å². The maximum atomic E-state index is 12.8. The average molecular weight is 368 g/mol. The zero-order chi connectivity index (χ0) is 18.8. The number of methoxy groups -OCH3 is 2. The van der Waals surface area contributed by atoms with E-state index < -0.39 is 0 Å². The molecule has 0 spiro atoms. The molecule has 3 aromatic rings. The molecule has 1 saturated heterocycles. The largest absolute Gasteiger partial charge is 0.497 e. The molecule has 1 fully saturated rings. The van der Waals surface area contributed by atoms with Crippen LogP contribution in [0.2, 0.25) is 0 Å².